The first kappa shape index (κ1) is 12.6. The van der Waals surface area contributed by atoms with Crippen molar-refractivity contribution in [2.75, 3.05) is 0 Å². The van der Waals surface area contributed by atoms with Gasteiger partial charge in [-0.2, -0.15) is 0 Å². The maximum absolute atomic E-state index is 11.5. The minimum Gasteiger partial charge on any atom is -0.489 e. The Kier molecular flexibility index (Phi) is 2.82. The van der Waals surface area contributed by atoms with Crippen molar-refractivity contribution in [1.82, 2.24) is 9.97 Å². The lowest BCUT2D eigenvalue weighted by Gasteiger charge is -2.09. The van der Waals surface area contributed by atoms with Crippen LogP contribution in [-0.4, -0.2) is 22.0 Å². The number of esters is 1. The Morgan fingerprint density at radius 2 is 2.05 bits per heavy atom. The molecule has 0 bridgehead atoms. The second-order valence-corrected chi connectivity index (χ2v) is 5.50. The second kappa shape index (κ2) is 4.70. The van der Waals surface area contributed by atoms with Gasteiger partial charge >= 0.3 is 5.97 Å². The molecule has 0 spiro atoms. The minimum atomic E-state index is -0.409. The van der Waals surface area contributed by atoms with Gasteiger partial charge in [-0.05, 0) is 31.0 Å². The Hall–Kier alpha value is -2.14. The third-order valence-electron chi connectivity index (χ3n) is 3.51. The zero-order valence-corrected chi connectivity index (χ0v) is 11.8. The number of carbonyl (C=O) groups excluding carboxylic acids is 1. The van der Waals surface area contributed by atoms with Gasteiger partial charge in [-0.1, -0.05) is 11.6 Å². The number of carbonyl (C=O) groups is 1. The first-order chi connectivity index (χ1) is 10.2. The van der Waals surface area contributed by atoms with E-state index in [9.17, 15) is 4.79 Å². The van der Waals surface area contributed by atoms with Crippen LogP contribution in [0.2, 0.25) is 5.02 Å². The Balaban J connectivity index is 1.74. The van der Waals surface area contributed by atoms with Crippen LogP contribution in [0.4, 0.5) is 0 Å². The summed E-state index contributed by atoms with van der Waals surface area (Å²) >= 11 is 6.26. The van der Waals surface area contributed by atoms with Crippen LogP contribution >= 0.6 is 11.6 Å². The fourth-order valence-electron chi connectivity index (χ4n) is 2.29. The van der Waals surface area contributed by atoms with Gasteiger partial charge in [-0.15, -0.1) is 0 Å². The number of hydrogen-bond donors (Lipinski definition) is 0. The molecule has 5 nitrogen and oxygen atoms in total. The Bertz CT molecular complexity index is 744. The van der Waals surface area contributed by atoms with Gasteiger partial charge in [0.2, 0.25) is 0 Å². The van der Waals surface area contributed by atoms with Crippen LogP contribution in [-0.2, 0) is 11.3 Å². The molecule has 0 radical (unpaired) electrons. The van der Waals surface area contributed by atoms with E-state index in [1.165, 1.54) is 6.33 Å². The van der Waals surface area contributed by atoms with Gasteiger partial charge < -0.3 is 9.47 Å². The smallest absolute Gasteiger partial charge is 0.357 e. The van der Waals surface area contributed by atoms with Crippen LogP contribution in [0.25, 0.3) is 11.3 Å². The molecule has 0 atom stereocenters. The first-order valence-corrected chi connectivity index (χ1v) is 7.08. The molecule has 1 aliphatic heterocycles. The number of aromatic nitrogens is 2. The van der Waals surface area contributed by atoms with Crippen molar-refractivity contribution < 1.29 is 14.3 Å². The van der Waals surface area contributed by atoms with E-state index in [1.54, 1.807) is 6.07 Å². The summed E-state index contributed by atoms with van der Waals surface area (Å²) in [7, 11) is 0. The van der Waals surface area contributed by atoms with E-state index >= 15 is 0 Å². The van der Waals surface area contributed by atoms with Crippen molar-refractivity contribution in [2.24, 2.45) is 0 Å². The minimum absolute atomic E-state index is 0.197. The SMILES string of the molecule is O=C1OCc2c1ncnc2-c1ccc(OC2CC2)c(Cl)c1. The molecule has 1 aromatic heterocycles. The molecule has 1 fully saturated rings. The number of hydrogen-bond acceptors (Lipinski definition) is 5. The van der Waals surface area contributed by atoms with E-state index in [0.717, 1.165) is 18.4 Å². The number of nitrogens with zero attached hydrogens (tertiary/aromatic N) is 2. The summed E-state index contributed by atoms with van der Waals surface area (Å²) < 4.78 is 10.7. The summed E-state index contributed by atoms with van der Waals surface area (Å²) in [5.41, 5.74) is 2.52. The van der Waals surface area contributed by atoms with Crippen LogP contribution in [0, 0.1) is 0 Å². The van der Waals surface area contributed by atoms with E-state index in [1.807, 2.05) is 12.1 Å². The molecule has 0 N–H and O–H groups in total. The average Bonchev–Trinajstić information content (AvgIpc) is 3.23. The zero-order valence-electron chi connectivity index (χ0n) is 11.0. The molecule has 6 heteroatoms. The summed E-state index contributed by atoms with van der Waals surface area (Å²) in [6.45, 7) is 0.197. The summed E-state index contributed by atoms with van der Waals surface area (Å²) in [5, 5.41) is 0.539. The molecule has 106 valence electrons. The molecule has 0 saturated heterocycles. The van der Waals surface area contributed by atoms with Crippen molar-refractivity contribution in [1.29, 1.82) is 0 Å². The van der Waals surface area contributed by atoms with Gasteiger partial charge in [-0.25, -0.2) is 14.8 Å². The number of cyclic esters (lactones) is 1. The number of ether oxygens (including phenoxy) is 2. The van der Waals surface area contributed by atoms with Gasteiger partial charge in [0.05, 0.1) is 16.8 Å². The molecule has 1 aromatic carbocycles. The van der Waals surface area contributed by atoms with Gasteiger partial charge in [0, 0.05) is 11.1 Å². The van der Waals surface area contributed by atoms with Crippen LogP contribution in [0.3, 0.4) is 0 Å². The standard InChI is InChI=1S/C15H11ClN2O3/c16-11-5-8(1-4-12(11)21-9-2-3-9)13-10-6-20-15(19)14(10)18-7-17-13/h1,4-5,7,9H,2-3,6H2. The molecule has 2 heterocycles. The fourth-order valence-corrected chi connectivity index (χ4v) is 2.51. The summed E-state index contributed by atoms with van der Waals surface area (Å²) in [4.78, 5) is 19.8. The second-order valence-electron chi connectivity index (χ2n) is 5.09. The van der Waals surface area contributed by atoms with Crippen molar-refractivity contribution in [3.63, 3.8) is 0 Å². The quantitative estimate of drug-likeness (QED) is 0.816. The summed E-state index contributed by atoms with van der Waals surface area (Å²) in [6, 6.07) is 5.52. The molecular formula is C15H11ClN2O3. The summed E-state index contributed by atoms with van der Waals surface area (Å²) in [5.74, 6) is 0.273. The average molecular weight is 303 g/mol. The highest BCUT2D eigenvalue weighted by Gasteiger charge is 2.28. The number of fused-ring (bicyclic) bond motifs is 1. The van der Waals surface area contributed by atoms with Crippen molar-refractivity contribution in [3.05, 3.63) is 40.8 Å². The highest BCUT2D eigenvalue weighted by atomic mass is 35.5. The van der Waals surface area contributed by atoms with Crippen LogP contribution in [0.1, 0.15) is 28.9 Å². The van der Waals surface area contributed by atoms with E-state index in [0.29, 0.717) is 33.8 Å². The van der Waals surface area contributed by atoms with Gasteiger partial charge in [0.25, 0.3) is 0 Å². The Labute approximate surface area is 125 Å². The predicted octanol–water partition coefficient (Wildman–Crippen LogP) is 3.01. The lowest BCUT2D eigenvalue weighted by Crippen LogP contribution is -2.00. The lowest BCUT2D eigenvalue weighted by atomic mass is 10.1. The molecule has 1 aliphatic carbocycles. The van der Waals surface area contributed by atoms with Crippen LogP contribution in [0.15, 0.2) is 24.5 Å². The van der Waals surface area contributed by atoms with Crippen molar-refractivity contribution >= 4 is 17.6 Å². The highest BCUT2D eigenvalue weighted by molar-refractivity contribution is 6.32. The van der Waals surface area contributed by atoms with E-state index in [4.69, 9.17) is 21.1 Å². The monoisotopic (exact) mass is 302 g/mol. The van der Waals surface area contributed by atoms with E-state index in [-0.39, 0.29) is 6.61 Å². The van der Waals surface area contributed by atoms with Crippen LogP contribution < -0.4 is 4.74 Å². The normalized spacial score (nSPS) is 16.5. The molecule has 1 saturated carbocycles. The Morgan fingerprint density at radius 3 is 2.81 bits per heavy atom. The predicted molar refractivity (Wildman–Crippen MR) is 75.2 cm³/mol. The molecule has 2 aliphatic rings. The van der Waals surface area contributed by atoms with Crippen molar-refractivity contribution in [2.45, 2.75) is 25.6 Å². The van der Waals surface area contributed by atoms with Crippen LogP contribution in [0.5, 0.6) is 5.75 Å². The molecule has 4 rings (SSSR count). The third kappa shape index (κ3) is 2.23. The van der Waals surface area contributed by atoms with Gasteiger partial charge in [0.1, 0.15) is 18.7 Å². The molecule has 21 heavy (non-hydrogen) atoms. The third-order valence-corrected chi connectivity index (χ3v) is 3.81. The maximum atomic E-state index is 11.5. The number of rotatable bonds is 3. The molecular weight excluding hydrogens is 292 g/mol. The Morgan fingerprint density at radius 1 is 1.24 bits per heavy atom. The maximum Gasteiger partial charge on any atom is 0.357 e. The number of benzene rings is 1. The molecule has 0 unspecified atom stereocenters. The van der Waals surface area contributed by atoms with E-state index in [2.05, 4.69) is 9.97 Å². The molecule has 0 amide bonds. The summed E-state index contributed by atoms with van der Waals surface area (Å²) in [6.07, 6.45) is 3.82. The topological polar surface area (TPSA) is 61.3 Å². The largest absolute Gasteiger partial charge is 0.489 e. The molecule has 2 aromatic rings. The van der Waals surface area contributed by atoms with Crippen molar-refractivity contribution in [3.8, 4) is 17.0 Å². The van der Waals surface area contributed by atoms with E-state index < -0.39 is 5.97 Å². The van der Waals surface area contributed by atoms with Gasteiger partial charge in [-0.3, -0.25) is 0 Å². The highest BCUT2D eigenvalue weighted by Crippen LogP contribution is 2.36. The zero-order chi connectivity index (χ0) is 14.4. The first-order valence-electron chi connectivity index (χ1n) is 6.70. The fraction of sp³-hybridized carbons (Fsp3) is 0.267. The lowest BCUT2D eigenvalue weighted by molar-refractivity contribution is 0.0531. The number of halogens is 1. The van der Waals surface area contributed by atoms with Gasteiger partial charge in [0.15, 0.2) is 5.69 Å².